The van der Waals surface area contributed by atoms with Crippen LogP contribution in [0.25, 0.3) is 0 Å². The molecule has 2 bridgehead atoms. The van der Waals surface area contributed by atoms with Crippen molar-refractivity contribution in [3.8, 4) is 0 Å². The number of aromatic nitrogens is 2. The summed E-state index contributed by atoms with van der Waals surface area (Å²) in [5.41, 5.74) is 2.15. The average molecular weight is 401 g/mol. The van der Waals surface area contributed by atoms with Gasteiger partial charge in [0.15, 0.2) is 0 Å². The van der Waals surface area contributed by atoms with Crippen molar-refractivity contribution in [3.63, 3.8) is 0 Å². The topological polar surface area (TPSA) is 62.3 Å². The lowest BCUT2D eigenvalue weighted by atomic mass is 9.93. The first-order valence-corrected chi connectivity index (χ1v) is 10.3. The fourth-order valence-corrected chi connectivity index (χ4v) is 4.55. The first kappa shape index (κ1) is 18.7. The normalized spacial score (nSPS) is 24.4. The zero-order chi connectivity index (χ0) is 19.8. The Morgan fingerprint density at radius 2 is 2.03 bits per heavy atom. The fourth-order valence-electron chi connectivity index (χ4n) is 4.55. The van der Waals surface area contributed by atoms with Crippen LogP contribution in [0.3, 0.4) is 0 Å². The van der Waals surface area contributed by atoms with E-state index in [1.165, 1.54) is 12.3 Å². The van der Waals surface area contributed by atoms with Crippen LogP contribution in [0.5, 0.6) is 0 Å². The molecule has 2 atom stereocenters. The molecule has 0 saturated carbocycles. The summed E-state index contributed by atoms with van der Waals surface area (Å²) < 4.78 is 31.3. The molecule has 2 unspecified atom stereocenters. The molecule has 3 aliphatic heterocycles. The largest absolute Gasteiger partial charge is 0.374 e. The number of halogens is 2. The van der Waals surface area contributed by atoms with E-state index in [-0.39, 0.29) is 5.56 Å². The summed E-state index contributed by atoms with van der Waals surface area (Å²) in [6.07, 6.45) is 2.21. The predicted octanol–water partition coefficient (Wildman–Crippen LogP) is 3.60. The molecule has 5 rings (SSSR count). The number of alkyl halides is 2. The van der Waals surface area contributed by atoms with Crippen LogP contribution in [0.15, 0.2) is 30.5 Å². The van der Waals surface area contributed by atoms with Gasteiger partial charge in [-0.3, -0.25) is 0 Å². The molecule has 3 fully saturated rings. The van der Waals surface area contributed by atoms with Crippen LogP contribution >= 0.6 is 0 Å². The Kier molecular flexibility index (Phi) is 5.05. The Bertz CT molecular complexity index is 857. The maximum Gasteiger partial charge on any atom is 0.265 e. The second kappa shape index (κ2) is 7.84. The van der Waals surface area contributed by atoms with Crippen LogP contribution in [0, 0.1) is 0 Å². The van der Waals surface area contributed by atoms with Gasteiger partial charge in [-0.1, -0.05) is 0 Å². The van der Waals surface area contributed by atoms with Crippen molar-refractivity contribution in [1.82, 2.24) is 15.3 Å². The van der Waals surface area contributed by atoms with E-state index in [2.05, 4.69) is 26.6 Å². The van der Waals surface area contributed by atoms with Crippen molar-refractivity contribution in [1.29, 1.82) is 0 Å². The van der Waals surface area contributed by atoms with E-state index in [1.54, 1.807) is 6.07 Å². The second-order valence-corrected chi connectivity index (χ2v) is 8.06. The molecule has 3 aliphatic rings. The van der Waals surface area contributed by atoms with E-state index in [1.807, 2.05) is 6.07 Å². The number of piperidine rings is 1. The SMILES string of the molecule is FC(F)c1ccc(Nc2cc(N3CC4CC3CO4)cc(C3CCNCC3)n2)nc1. The lowest BCUT2D eigenvalue weighted by Gasteiger charge is -2.30. The molecule has 6 nitrogen and oxygen atoms in total. The predicted molar refractivity (Wildman–Crippen MR) is 107 cm³/mol. The minimum absolute atomic E-state index is 0.0826. The molecule has 5 heterocycles. The van der Waals surface area contributed by atoms with Crippen LogP contribution < -0.4 is 15.5 Å². The smallest absolute Gasteiger partial charge is 0.265 e. The quantitative estimate of drug-likeness (QED) is 0.798. The van der Waals surface area contributed by atoms with Gasteiger partial charge in [-0.25, -0.2) is 18.7 Å². The zero-order valence-electron chi connectivity index (χ0n) is 16.2. The van der Waals surface area contributed by atoms with E-state index in [4.69, 9.17) is 9.72 Å². The molecule has 0 amide bonds. The van der Waals surface area contributed by atoms with Crippen LogP contribution in [-0.4, -0.2) is 48.4 Å². The monoisotopic (exact) mass is 401 g/mol. The minimum atomic E-state index is -2.52. The van der Waals surface area contributed by atoms with Crippen molar-refractivity contribution >= 4 is 17.3 Å². The molecular weight excluding hydrogens is 376 g/mol. The van der Waals surface area contributed by atoms with Crippen LogP contribution in [-0.2, 0) is 4.74 Å². The number of nitrogens with one attached hydrogen (secondary N) is 2. The molecule has 154 valence electrons. The lowest BCUT2D eigenvalue weighted by Crippen LogP contribution is -2.37. The number of rotatable bonds is 5. The number of nitrogens with zero attached hydrogens (tertiary/aromatic N) is 3. The first-order chi connectivity index (χ1) is 14.2. The summed E-state index contributed by atoms with van der Waals surface area (Å²) in [5, 5.41) is 6.62. The number of morpholine rings is 1. The van der Waals surface area contributed by atoms with Crippen molar-refractivity contribution in [2.24, 2.45) is 0 Å². The number of fused-ring (bicyclic) bond motifs is 2. The highest BCUT2D eigenvalue weighted by atomic mass is 19.3. The van der Waals surface area contributed by atoms with E-state index in [9.17, 15) is 8.78 Å². The van der Waals surface area contributed by atoms with Gasteiger partial charge in [0.25, 0.3) is 6.43 Å². The zero-order valence-corrected chi connectivity index (χ0v) is 16.2. The molecular formula is C21H25F2N5O. The van der Waals surface area contributed by atoms with E-state index in [0.29, 0.717) is 29.7 Å². The molecule has 29 heavy (non-hydrogen) atoms. The third-order valence-corrected chi connectivity index (χ3v) is 6.11. The standard InChI is InChI=1S/C21H25F2N5O/c22-21(23)14-1-2-19(25-10-14)27-20-9-15(28-11-17-7-16(28)12-29-17)8-18(26-20)13-3-5-24-6-4-13/h1-2,8-10,13,16-17,21,24H,3-7,11-12H2,(H,25,26,27). The number of pyridine rings is 2. The minimum Gasteiger partial charge on any atom is -0.374 e. The summed E-state index contributed by atoms with van der Waals surface area (Å²) in [6.45, 7) is 3.67. The van der Waals surface area contributed by atoms with Crippen LogP contribution in [0.2, 0.25) is 0 Å². The van der Waals surface area contributed by atoms with Crippen molar-refractivity contribution in [3.05, 3.63) is 41.7 Å². The number of hydrogen-bond donors (Lipinski definition) is 2. The molecule has 2 aromatic heterocycles. The maximum atomic E-state index is 12.8. The van der Waals surface area contributed by atoms with Gasteiger partial charge in [-0.2, -0.15) is 0 Å². The molecule has 2 N–H and O–H groups in total. The first-order valence-electron chi connectivity index (χ1n) is 10.3. The van der Waals surface area contributed by atoms with Gasteiger partial charge in [0.2, 0.25) is 0 Å². The summed E-state index contributed by atoms with van der Waals surface area (Å²) in [6, 6.07) is 7.64. The highest BCUT2D eigenvalue weighted by molar-refractivity contribution is 5.62. The van der Waals surface area contributed by atoms with Crippen LogP contribution in [0.1, 0.15) is 42.9 Å². The van der Waals surface area contributed by atoms with Gasteiger partial charge in [0, 0.05) is 41.7 Å². The molecule has 0 aromatic carbocycles. The Labute approximate surface area is 168 Å². The van der Waals surface area contributed by atoms with E-state index >= 15 is 0 Å². The average Bonchev–Trinajstić information content (AvgIpc) is 3.38. The van der Waals surface area contributed by atoms with Gasteiger partial charge in [0.05, 0.1) is 18.8 Å². The summed E-state index contributed by atoms with van der Waals surface area (Å²) in [4.78, 5) is 11.4. The highest BCUT2D eigenvalue weighted by Gasteiger charge is 2.39. The summed E-state index contributed by atoms with van der Waals surface area (Å²) in [5.74, 6) is 1.64. The van der Waals surface area contributed by atoms with Gasteiger partial charge >= 0.3 is 0 Å². The third kappa shape index (κ3) is 3.91. The van der Waals surface area contributed by atoms with Crippen molar-refractivity contribution in [2.45, 2.75) is 43.8 Å². The van der Waals surface area contributed by atoms with Gasteiger partial charge in [-0.05, 0) is 50.6 Å². The van der Waals surface area contributed by atoms with Gasteiger partial charge in [-0.15, -0.1) is 0 Å². The Balaban J connectivity index is 1.44. The Morgan fingerprint density at radius 1 is 1.17 bits per heavy atom. The highest BCUT2D eigenvalue weighted by Crippen LogP contribution is 2.36. The van der Waals surface area contributed by atoms with E-state index in [0.717, 1.165) is 56.9 Å². The number of anilines is 3. The maximum absolute atomic E-state index is 12.8. The third-order valence-electron chi connectivity index (χ3n) is 6.11. The van der Waals surface area contributed by atoms with Crippen LogP contribution in [0.4, 0.5) is 26.1 Å². The number of ether oxygens (including phenoxy) is 1. The molecule has 8 heteroatoms. The number of hydrogen-bond acceptors (Lipinski definition) is 6. The molecule has 0 spiro atoms. The fraction of sp³-hybridized carbons (Fsp3) is 0.524. The Morgan fingerprint density at radius 3 is 2.69 bits per heavy atom. The summed E-state index contributed by atoms with van der Waals surface area (Å²) in [7, 11) is 0. The lowest BCUT2D eigenvalue weighted by molar-refractivity contribution is 0.0991. The molecule has 3 saturated heterocycles. The van der Waals surface area contributed by atoms with Gasteiger partial charge < -0.3 is 20.3 Å². The molecule has 2 aromatic rings. The van der Waals surface area contributed by atoms with Gasteiger partial charge in [0.1, 0.15) is 11.6 Å². The van der Waals surface area contributed by atoms with E-state index < -0.39 is 6.43 Å². The molecule has 0 radical (unpaired) electrons. The second-order valence-electron chi connectivity index (χ2n) is 8.06. The van der Waals surface area contributed by atoms with Crippen molar-refractivity contribution in [2.75, 3.05) is 36.5 Å². The van der Waals surface area contributed by atoms with Crippen molar-refractivity contribution < 1.29 is 13.5 Å². The molecule has 0 aliphatic carbocycles. The Hall–Kier alpha value is -2.32. The summed E-state index contributed by atoms with van der Waals surface area (Å²) >= 11 is 0.